The van der Waals surface area contributed by atoms with Crippen LogP contribution in [0.25, 0.3) is 0 Å². The van der Waals surface area contributed by atoms with Gasteiger partial charge in [-0.25, -0.2) is 4.98 Å². The predicted molar refractivity (Wildman–Crippen MR) is 52.7 cm³/mol. The minimum atomic E-state index is 0.00875. The molecule has 0 amide bonds. The van der Waals surface area contributed by atoms with Crippen LogP contribution in [0.4, 0.5) is 0 Å². The predicted octanol–water partition coefficient (Wildman–Crippen LogP) is -0.478. The molecule has 1 aromatic heterocycles. The lowest BCUT2D eigenvalue weighted by atomic mass is 10.1. The van der Waals surface area contributed by atoms with E-state index in [9.17, 15) is 4.79 Å². The summed E-state index contributed by atoms with van der Waals surface area (Å²) in [5.41, 5.74) is 1.67. The van der Waals surface area contributed by atoms with E-state index >= 15 is 0 Å². The van der Waals surface area contributed by atoms with Gasteiger partial charge in [0, 0.05) is 12.1 Å². The highest BCUT2D eigenvalue weighted by atomic mass is 16.1. The molecule has 2 heterocycles. The normalized spacial score (nSPS) is 14.5. The van der Waals surface area contributed by atoms with Gasteiger partial charge in [-0.3, -0.25) is 9.36 Å². The molecule has 4 nitrogen and oxygen atoms in total. The van der Waals surface area contributed by atoms with Crippen LogP contribution in [0.1, 0.15) is 11.3 Å². The maximum absolute atomic E-state index is 11.8. The summed E-state index contributed by atoms with van der Waals surface area (Å²) in [5.74, 6) is 2.44. The van der Waals surface area contributed by atoms with Gasteiger partial charge in [-0.1, -0.05) is 5.92 Å². The summed E-state index contributed by atoms with van der Waals surface area (Å²) < 4.78 is 1.48. The van der Waals surface area contributed by atoms with Crippen LogP contribution in [0, 0.1) is 12.3 Å². The topological polar surface area (TPSA) is 46.9 Å². The third-order valence-corrected chi connectivity index (χ3v) is 2.33. The van der Waals surface area contributed by atoms with E-state index in [1.807, 2.05) is 0 Å². The van der Waals surface area contributed by atoms with E-state index in [0.717, 1.165) is 24.2 Å². The molecule has 0 atom stereocenters. The highest BCUT2D eigenvalue weighted by Crippen LogP contribution is 2.04. The number of rotatable bonds is 1. The first-order valence-electron chi connectivity index (χ1n) is 4.54. The summed E-state index contributed by atoms with van der Waals surface area (Å²) in [5, 5.41) is 3.17. The van der Waals surface area contributed by atoms with Gasteiger partial charge in [0.25, 0.3) is 5.56 Å². The van der Waals surface area contributed by atoms with Crippen LogP contribution in [-0.2, 0) is 19.5 Å². The third-order valence-electron chi connectivity index (χ3n) is 2.33. The lowest BCUT2D eigenvalue weighted by molar-refractivity contribution is 0.600. The molecule has 0 aliphatic carbocycles. The molecule has 0 fully saturated rings. The van der Waals surface area contributed by atoms with Gasteiger partial charge in [-0.05, 0) is 13.0 Å². The first kappa shape index (κ1) is 8.97. The minimum Gasteiger partial charge on any atom is -0.311 e. The maximum Gasteiger partial charge on any atom is 0.257 e. The van der Waals surface area contributed by atoms with Gasteiger partial charge in [-0.15, -0.1) is 6.42 Å². The average Bonchev–Trinajstić information content (AvgIpc) is 2.23. The molecule has 0 spiro atoms. The Balaban J connectivity index is 2.50. The molecule has 0 unspecified atom stereocenters. The van der Waals surface area contributed by atoms with Crippen LogP contribution in [-0.4, -0.2) is 16.1 Å². The van der Waals surface area contributed by atoms with Crippen LogP contribution in [0.5, 0.6) is 0 Å². The van der Waals surface area contributed by atoms with E-state index < -0.39 is 0 Å². The van der Waals surface area contributed by atoms with Crippen LogP contribution in [0.15, 0.2) is 11.1 Å². The standard InChI is InChI=1S/C10H11N3O/c1-2-5-13-7-12-9-6-11-4-3-8(9)10(13)14/h1,7,11H,3-6H2. The van der Waals surface area contributed by atoms with Crippen molar-refractivity contribution in [2.45, 2.75) is 19.5 Å². The SMILES string of the molecule is C#CCn1cnc2c(c1=O)CCNC2. The van der Waals surface area contributed by atoms with Gasteiger partial charge in [0.2, 0.25) is 0 Å². The van der Waals surface area contributed by atoms with Gasteiger partial charge in [0.15, 0.2) is 0 Å². The first-order chi connectivity index (χ1) is 6.83. The number of fused-ring (bicyclic) bond motifs is 1. The van der Waals surface area contributed by atoms with Crippen LogP contribution >= 0.6 is 0 Å². The molecule has 1 aromatic rings. The molecule has 0 radical (unpaired) electrons. The van der Waals surface area contributed by atoms with Crippen molar-refractivity contribution in [1.82, 2.24) is 14.9 Å². The second kappa shape index (κ2) is 3.64. The number of hydrogen-bond acceptors (Lipinski definition) is 3. The van der Waals surface area contributed by atoms with E-state index in [0.29, 0.717) is 13.1 Å². The van der Waals surface area contributed by atoms with Crippen LogP contribution in [0.3, 0.4) is 0 Å². The molecular formula is C10H11N3O. The second-order valence-corrected chi connectivity index (χ2v) is 3.23. The van der Waals surface area contributed by atoms with E-state index in [1.54, 1.807) is 0 Å². The highest BCUT2D eigenvalue weighted by molar-refractivity contribution is 5.19. The van der Waals surface area contributed by atoms with Crippen molar-refractivity contribution in [1.29, 1.82) is 0 Å². The monoisotopic (exact) mass is 189 g/mol. The van der Waals surface area contributed by atoms with E-state index in [2.05, 4.69) is 16.2 Å². The molecule has 1 N–H and O–H groups in total. The third kappa shape index (κ3) is 1.42. The lowest BCUT2D eigenvalue weighted by Crippen LogP contribution is -2.34. The Morgan fingerprint density at radius 2 is 2.57 bits per heavy atom. The summed E-state index contributed by atoms with van der Waals surface area (Å²) in [6.07, 6.45) is 7.42. The smallest absolute Gasteiger partial charge is 0.257 e. The molecule has 4 heteroatoms. The zero-order valence-corrected chi connectivity index (χ0v) is 7.79. The Hall–Kier alpha value is -1.60. The molecule has 0 saturated carbocycles. The fourth-order valence-corrected chi connectivity index (χ4v) is 1.60. The summed E-state index contributed by atoms with van der Waals surface area (Å²) in [7, 11) is 0. The van der Waals surface area contributed by atoms with E-state index in [-0.39, 0.29) is 5.56 Å². The lowest BCUT2D eigenvalue weighted by Gasteiger charge is -2.15. The average molecular weight is 189 g/mol. The fraction of sp³-hybridized carbons (Fsp3) is 0.400. The second-order valence-electron chi connectivity index (χ2n) is 3.23. The molecule has 72 valence electrons. The van der Waals surface area contributed by atoms with Crippen LogP contribution in [0.2, 0.25) is 0 Å². The van der Waals surface area contributed by atoms with Crippen molar-refractivity contribution in [2.75, 3.05) is 6.54 Å². The van der Waals surface area contributed by atoms with Crippen LogP contribution < -0.4 is 10.9 Å². The summed E-state index contributed by atoms with van der Waals surface area (Å²) in [6.45, 7) is 1.82. The zero-order valence-electron chi connectivity index (χ0n) is 7.79. The Kier molecular flexibility index (Phi) is 2.33. The Morgan fingerprint density at radius 1 is 1.71 bits per heavy atom. The Labute approximate surface area is 82.0 Å². The van der Waals surface area contributed by atoms with Gasteiger partial charge >= 0.3 is 0 Å². The van der Waals surface area contributed by atoms with Crippen molar-refractivity contribution < 1.29 is 0 Å². The molecule has 0 saturated heterocycles. The molecule has 14 heavy (non-hydrogen) atoms. The zero-order chi connectivity index (χ0) is 9.97. The number of nitrogens with zero attached hydrogens (tertiary/aromatic N) is 2. The van der Waals surface area contributed by atoms with Gasteiger partial charge in [0.05, 0.1) is 18.6 Å². The van der Waals surface area contributed by atoms with Crippen molar-refractivity contribution >= 4 is 0 Å². The molecule has 2 rings (SSSR count). The number of nitrogens with one attached hydrogen (secondary N) is 1. The molecule has 1 aliphatic rings. The maximum atomic E-state index is 11.8. The first-order valence-corrected chi connectivity index (χ1v) is 4.54. The Bertz CT molecular complexity index is 442. The Morgan fingerprint density at radius 3 is 3.36 bits per heavy atom. The molecule has 1 aliphatic heterocycles. The largest absolute Gasteiger partial charge is 0.311 e. The molecule has 0 bridgehead atoms. The van der Waals surface area contributed by atoms with Gasteiger partial charge in [-0.2, -0.15) is 0 Å². The van der Waals surface area contributed by atoms with Gasteiger partial charge < -0.3 is 5.32 Å². The number of hydrogen-bond donors (Lipinski definition) is 1. The van der Waals surface area contributed by atoms with Crippen molar-refractivity contribution in [2.24, 2.45) is 0 Å². The van der Waals surface area contributed by atoms with Crippen molar-refractivity contribution in [3.05, 3.63) is 27.9 Å². The minimum absolute atomic E-state index is 0.00875. The fourth-order valence-electron chi connectivity index (χ4n) is 1.60. The quantitative estimate of drug-likeness (QED) is 0.607. The van der Waals surface area contributed by atoms with Crippen molar-refractivity contribution in [3.63, 3.8) is 0 Å². The number of aromatic nitrogens is 2. The summed E-state index contributed by atoms with van der Waals surface area (Å²) >= 11 is 0. The van der Waals surface area contributed by atoms with Gasteiger partial charge in [0.1, 0.15) is 0 Å². The van der Waals surface area contributed by atoms with Crippen molar-refractivity contribution in [3.8, 4) is 12.3 Å². The molecular weight excluding hydrogens is 178 g/mol. The van der Waals surface area contributed by atoms with E-state index in [4.69, 9.17) is 6.42 Å². The highest BCUT2D eigenvalue weighted by Gasteiger charge is 2.14. The van der Waals surface area contributed by atoms with E-state index in [1.165, 1.54) is 10.9 Å². The summed E-state index contributed by atoms with van der Waals surface area (Å²) in [6, 6.07) is 0. The summed E-state index contributed by atoms with van der Waals surface area (Å²) in [4.78, 5) is 16.0. The number of terminal acetylenes is 1. The molecule has 0 aromatic carbocycles.